The minimum atomic E-state index is -0.988. The maximum Gasteiger partial charge on any atom is 0.341 e. The van der Waals surface area contributed by atoms with Crippen molar-refractivity contribution in [2.75, 3.05) is 45.9 Å². The van der Waals surface area contributed by atoms with Crippen LogP contribution in [0.3, 0.4) is 0 Å². The molecule has 1 spiro atoms. The number of nitrogens with one attached hydrogen (secondary N) is 1. The first-order valence-electron chi connectivity index (χ1n) is 15.4. The van der Waals surface area contributed by atoms with Crippen molar-refractivity contribution in [1.29, 1.82) is 0 Å². The van der Waals surface area contributed by atoms with Gasteiger partial charge in [-0.1, -0.05) is 26.0 Å². The molecule has 0 saturated carbocycles. The van der Waals surface area contributed by atoms with Crippen molar-refractivity contribution < 1.29 is 14.6 Å². The van der Waals surface area contributed by atoms with Gasteiger partial charge in [-0.25, -0.2) is 14.8 Å². The molecule has 0 aliphatic carbocycles. The number of aliphatic carboxylic acids is 1. The van der Waals surface area contributed by atoms with Crippen LogP contribution in [0.5, 0.6) is 5.75 Å². The second kappa shape index (κ2) is 14.3. The molecule has 228 valence electrons. The van der Waals surface area contributed by atoms with E-state index in [2.05, 4.69) is 49.3 Å². The molecule has 0 atom stereocenters. The lowest BCUT2D eigenvalue weighted by molar-refractivity contribution is -0.139. The minimum Gasteiger partial charge on any atom is -0.482 e. The van der Waals surface area contributed by atoms with Crippen molar-refractivity contribution in [1.82, 2.24) is 34.2 Å². The third kappa shape index (κ3) is 8.65. The number of rotatable bonds is 15. The summed E-state index contributed by atoms with van der Waals surface area (Å²) >= 11 is 0. The van der Waals surface area contributed by atoms with Crippen molar-refractivity contribution in [2.45, 2.75) is 65.7 Å². The number of hydrogen-bond donors (Lipinski definition) is 2. The van der Waals surface area contributed by atoms with Crippen LogP contribution < -0.4 is 4.74 Å². The van der Waals surface area contributed by atoms with Crippen LogP contribution in [0.15, 0.2) is 49.1 Å². The molecule has 3 aromatic rings. The van der Waals surface area contributed by atoms with E-state index in [-0.39, 0.29) is 6.61 Å². The summed E-state index contributed by atoms with van der Waals surface area (Å²) in [5.74, 6) is 2.25. The van der Waals surface area contributed by atoms with Crippen molar-refractivity contribution in [3.05, 3.63) is 66.3 Å². The average Bonchev–Trinajstić information content (AvgIpc) is 3.72. The van der Waals surface area contributed by atoms with E-state index in [1.54, 1.807) is 12.3 Å². The third-order valence-corrected chi connectivity index (χ3v) is 8.69. The second-order valence-corrected chi connectivity index (χ2v) is 12.6. The summed E-state index contributed by atoms with van der Waals surface area (Å²) in [6.45, 7) is 14.6. The van der Waals surface area contributed by atoms with Gasteiger partial charge < -0.3 is 29.2 Å². The van der Waals surface area contributed by atoms with Gasteiger partial charge in [-0.2, -0.15) is 0 Å². The highest BCUT2D eigenvalue weighted by atomic mass is 16.5. The van der Waals surface area contributed by atoms with E-state index in [1.165, 1.54) is 52.0 Å². The Kier molecular flexibility index (Phi) is 10.3. The number of H-pyrrole nitrogens is 1. The molecule has 42 heavy (non-hydrogen) atoms. The Hall–Kier alpha value is -3.21. The molecular formula is C32H47N7O3. The number of aromatic amines is 1. The number of aromatic nitrogens is 4. The maximum atomic E-state index is 10.9. The van der Waals surface area contributed by atoms with Crippen molar-refractivity contribution in [3.8, 4) is 5.75 Å². The van der Waals surface area contributed by atoms with Crippen LogP contribution in [-0.4, -0.2) is 91.2 Å². The fraction of sp³-hybridized carbons (Fsp3) is 0.594. The van der Waals surface area contributed by atoms with E-state index in [1.807, 2.05) is 30.6 Å². The molecule has 2 aromatic heterocycles. The Morgan fingerprint density at radius 2 is 1.88 bits per heavy atom. The number of carboxylic acid groups (broad SMARTS) is 1. The number of likely N-dealkylation sites (tertiary alicyclic amines) is 2. The zero-order chi connectivity index (χ0) is 29.4. The van der Waals surface area contributed by atoms with Crippen LogP contribution in [-0.2, 0) is 31.0 Å². The molecule has 0 radical (unpaired) electrons. The lowest BCUT2D eigenvalue weighted by atomic mass is 9.77. The van der Waals surface area contributed by atoms with Crippen molar-refractivity contribution >= 4 is 5.97 Å². The number of carbonyl (C=O) groups is 1. The predicted molar refractivity (Wildman–Crippen MR) is 162 cm³/mol. The fourth-order valence-corrected chi connectivity index (χ4v) is 6.61. The van der Waals surface area contributed by atoms with Gasteiger partial charge in [0.15, 0.2) is 6.61 Å². The van der Waals surface area contributed by atoms with E-state index in [4.69, 9.17) is 14.8 Å². The van der Waals surface area contributed by atoms with Crippen molar-refractivity contribution in [2.24, 2.45) is 11.3 Å². The molecule has 1 aromatic carbocycles. The van der Waals surface area contributed by atoms with E-state index in [9.17, 15) is 4.79 Å². The number of piperidine rings is 1. The van der Waals surface area contributed by atoms with Gasteiger partial charge in [-0.15, -0.1) is 0 Å². The molecule has 0 unspecified atom stereocenters. The molecule has 2 fully saturated rings. The van der Waals surface area contributed by atoms with Gasteiger partial charge >= 0.3 is 5.97 Å². The Morgan fingerprint density at radius 3 is 2.62 bits per heavy atom. The van der Waals surface area contributed by atoms with Gasteiger partial charge in [0.2, 0.25) is 0 Å². The summed E-state index contributed by atoms with van der Waals surface area (Å²) in [4.78, 5) is 31.0. The highest BCUT2D eigenvalue weighted by Gasteiger charge is 2.40. The maximum absolute atomic E-state index is 10.9. The zero-order valence-corrected chi connectivity index (χ0v) is 25.2. The van der Waals surface area contributed by atoms with E-state index in [0.29, 0.717) is 30.8 Å². The summed E-state index contributed by atoms with van der Waals surface area (Å²) in [6, 6.07) is 7.62. The molecule has 2 aliphatic heterocycles. The summed E-state index contributed by atoms with van der Waals surface area (Å²) < 4.78 is 7.69. The minimum absolute atomic E-state index is 0.355. The number of carboxylic acids is 1. The third-order valence-electron chi connectivity index (χ3n) is 8.69. The molecule has 10 heteroatoms. The topological polar surface area (TPSA) is 103 Å². The highest BCUT2D eigenvalue weighted by molar-refractivity contribution is 5.68. The number of ether oxygens (including phenoxy) is 1. The van der Waals surface area contributed by atoms with Crippen molar-refractivity contribution in [3.63, 3.8) is 0 Å². The first-order chi connectivity index (χ1) is 20.4. The highest BCUT2D eigenvalue weighted by Crippen LogP contribution is 2.40. The fourth-order valence-electron chi connectivity index (χ4n) is 6.61. The molecule has 10 nitrogen and oxygen atoms in total. The summed E-state index contributed by atoms with van der Waals surface area (Å²) in [6.07, 6.45) is 12.8. The van der Waals surface area contributed by atoms with Gasteiger partial charge in [0.1, 0.15) is 17.4 Å². The van der Waals surface area contributed by atoms with Gasteiger partial charge in [0.05, 0.1) is 13.1 Å². The van der Waals surface area contributed by atoms with Crippen LogP contribution in [0.1, 0.15) is 56.7 Å². The van der Waals surface area contributed by atoms with Crippen LogP contribution in [0.4, 0.5) is 0 Å². The normalized spacial score (nSPS) is 17.5. The molecule has 5 rings (SSSR count). The zero-order valence-electron chi connectivity index (χ0n) is 25.2. The molecule has 0 bridgehead atoms. The summed E-state index contributed by atoms with van der Waals surface area (Å²) in [5, 5.41) is 8.96. The number of imidazole rings is 2. The van der Waals surface area contributed by atoms with Gasteiger partial charge in [-0.3, -0.25) is 4.90 Å². The number of hydrogen-bond acceptors (Lipinski definition) is 7. The monoisotopic (exact) mass is 577 g/mol. The largest absolute Gasteiger partial charge is 0.482 e. The smallest absolute Gasteiger partial charge is 0.341 e. The number of nitrogens with zero attached hydrogens (tertiary/aromatic N) is 6. The lowest BCUT2D eigenvalue weighted by Gasteiger charge is -2.40. The van der Waals surface area contributed by atoms with Gasteiger partial charge in [0.25, 0.3) is 0 Å². The van der Waals surface area contributed by atoms with Crippen LogP contribution in [0.2, 0.25) is 0 Å². The van der Waals surface area contributed by atoms with E-state index in [0.717, 1.165) is 42.6 Å². The Labute approximate surface area is 249 Å². The first-order valence-corrected chi connectivity index (χ1v) is 15.4. The summed E-state index contributed by atoms with van der Waals surface area (Å²) in [5.41, 5.74) is 1.58. The van der Waals surface area contributed by atoms with E-state index >= 15 is 0 Å². The molecule has 0 amide bonds. The van der Waals surface area contributed by atoms with Gasteiger partial charge in [-0.05, 0) is 80.9 Å². The Morgan fingerprint density at radius 1 is 1.07 bits per heavy atom. The van der Waals surface area contributed by atoms with Gasteiger partial charge in [0, 0.05) is 51.0 Å². The van der Waals surface area contributed by atoms with Crippen LogP contribution in [0.25, 0.3) is 0 Å². The standard InChI is InChI=1S/C32H47N7O3/c1-26(2)20-36-15-7-32(8-16-36)9-17-37(25-32)13-4-14-39-18-12-35-30(39)23-38(22-29-33-10-11-34-29)21-27-5-3-6-28(19-27)42-24-31(40)41/h3,5-6,10-12,18-19,26H,4,7-9,13-17,20-25H2,1-2H3,(H,33,34)(H,40,41). The molecule has 2 aliphatic rings. The molecule has 2 N–H and O–H groups in total. The lowest BCUT2D eigenvalue weighted by Crippen LogP contribution is -2.42. The Balaban J connectivity index is 1.14. The first kappa shape index (κ1) is 30.3. The van der Waals surface area contributed by atoms with Crippen LogP contribution >= 0.6 is 0 Å². The predicted octanol–water partition coefficient (Wildman–Crippen LogP) is 4.11. The number of aryl methyl sites for hydroxylation is 1. The van der Waals surface area contributed by atoms with E-state index < -0.39 is 5.97 Å². The molecule has 2 saturated heterocycles. The molecular weight excluding hydrogens is 530 g/mol. The second-order valence-electron chi connectivity index (χ2n) is 12.6. The molecule has 4 heterocycles. The quantitative estimate of drug-likeness (QED) is 0.278. The number of benzene rings is 1. The van der Waals surface area contributed by atoms with Crippen LogP contribution in [0, 0.1) is 11.3 Å². The Bertz CT molecular complexity index is 1250. The summed E-state index contributed by atoms with van der Waals surface area (Å²) in [7, 11) is 0. The SMILES string of the molecule is CC(C)CN1CCC2(CC1)CCN(CCCn1ccnc1CN(Cc1cccc(OCC(=O)O)c1)Cc1ncc[nH]1)C2. The average molecular weight is 578 g/mol.